The lowest BCUT2D eigenvalue weighted by Gasteiger charge is -2.50. The van der Waals surface area contributed by atoms with Crippen molar-refractivity contribution in [1.29, 1.82) is 0 Å². The number of halogens is 1. The average molecular weight is 360 g/mol. The van der Waals surface area contributed by atoms with E-state index in [0.29, 0.717) is 37.2 Å². The van der Waals surface area contributed by atoms with E-state index < -0.39 is 5.82 Å². The van der Waals surface area contributed by atoms with Gasteiger partial charge in [0, 0.05) is 26.4 Å². The van der Waals surface area contributed by atoms with Crippen molar-refractivity contribution in [2.24, 2.45) is 13.0 Å². The molecule has 2 aliphatic heterocycles. The molecular formula is C17H21FN6O2. The molecule has 2 saturated heterocycles. The van der Waals surface area contributed by atoms with Crippen molar-refractivity contribution in [1.82, 2.24) is 25.1 Å². The zero-order chi connectivity index (χ0) is 18.1. The second-order valence-corrected chi connectivity index (χ2v) is 6.84. The summed E-state index contributed by atoms with van der Waals surface area (Å²) in [4.78, 5) is 22.2. The molecule has 2 aromatic rings. The molecule has 4 rings (SSSR count). The summed E-state index contributed by atoms with van der Waals surface area (Å²) in [5.41, 5.74) is 0.334. The molecule has 0 unspecified atom stereocenters. The van der Waals surface area contributed by atoms with Gasteiger partial charge < -0.3 is 15.0 Å². The summed E-state index contributed by atoms with van der Waals surface area (Å²) < 4.78 is 20.5. The highest BCUT2D eigenvalue weighted by molar-refractivity contribution is 5.92. The van der Waals surface area contributed by atoms with E-state index in [0.717, 1.165) is 19.4 Å². The third kappa shape index (κ3) is 3.03. The molecule has 8 nitrogen and oxygen atoms in total. The molecule has 0 radical (unpaired) electrons. The molecule has 0 aliphatic carbocycles. The van der Waals surface area contributed by atoms with Crippen LogP contribution < -0.4 is 10.2 Å². The van der Waals surface area contributed by atoms with Crippen LogP contribution in [0.25, 0.3) is 0 Å². The lowest BCUT2D eigenvalue weighted by molar-refractivity contribution is -0.0459. The quantitative estimate of drug-likeness (QED) is 0.848. The number of nitrogens with zero attached hydrogens (tertiary/aromatic N) is 5. The minimum Gasteiger partial charge on any atom is -0.371 e. The molecule has 1 spiro atoms. The van der Waals surface area contributed by atoms with Gasteiger partial charge in [-0.1, -0.05) is 0 Å². The van der Waals surface area contributed by atoms with E-state index in [1.807, 2.05) is 4.90 Å². The Bertz CT molecular complexity index is 787. The van der Waals surface area contributed by atoms with Gasteiger partial charge in [-0.25, -0.2) is 14.4 Å². The van der Waals surface area contributed by atoms with E-state index >= 15 is 0 Å². The molecule has 0 aromatic carbocycles. The van der Waals surface area contributed by atoms with Gasteiger partial charge in [-0.05, 0) is 24.8 Å². The third-order valence-corrected chi connectivity index (χ3v) is 5.24. The van der Waals surface area contributed by atoms with Crippen LogP contribution in [0, 0.1) is 11.7 Å². The number of amides is 1. The van der Waals surface area contributed by atoms with E-state index in [1.165, 1.54) is 12.4 Å². The number of carbonyl (C=O) groups is 1. The molecule has 2 aliphatic rings. The molecule has 1 atom stereocenters. The number of nitrogens with one attached hydrogen (secondary N) is 1. The van der Waals surface area contributed by atoms with Crippen LogP contribution in [0.3, 0.4) is 0 Å². The summed E-state index contributed by atoms with van der Waals surface area (Å²) in [6, 6.07) is 1.70. The summed E-state index contributed by atoms with van der Waals surface area (Å²) in [5.74, 6) is 0.331. The Morgan fingerprint density at radius 1 is 1.42 bits per heavy atom. The van der Waals surface area contributed by atoms with E-state index in [9.17, 15) is 9.18 Å². The molecule has 0 saturated carbocycles. The first-order valence-corrected chi connectivity index (χ1v) is 8.70. The monoisotopic (exact) mass is 360 g/mol. The van der Waals surface area contributed by atoms with E-state index in [2.05, 4.69) is 20.4 Å². The van der Waals surface area contributed by atoms with Crippen molar-refractivity contribution in [2.45, 2.75) is 18.4 Å². The van der Waals surface area contributed by atoms with Gasteiger partial charge in [-0.15, -0.1) is 0 Å². The van der Waals surface area contributed by atoms with Crippen molar-refractivity contribution in [3.8, 4) is 0 Å². The van der Waals surface area contributed by atoms with Gasteiger partial charge in [-0.3, -0.25) is 9.48 Å². The number of hydrogen-bond donors (Lipinski definition) is 1. The van der Waals surface area contributed by atoms with Crippen molar-refractivity contribution in [2.75, 3.05) is 31.1 Å². The van der Waals surface area contributed by atoms with Crippen molar-refractivity contribution < 1.29 is 13.9 Å². The Morgan fingerprint density at radius 2 is 2.19 bits per heavy atom. The van der Waals surface area contributed by atoms with Crippen LogP contribution in [0.5, 0.6) is 0 Å². The lowest BCUT2D eigenvalue weighted by atomic mass is 9.79. The fraction of sp³-hybridized carbons (Fsp3) is 0.529. The molecule has 9 heteroatoms. The van der Waals surface area contributed by atoms with Gasteiger partial charge >= 0.3 is 0 Å². The van der Waals surface area contributed by atoms with Crippen LogP contribution >= 0.6 is 0 Å². The maximum absolute atomic E-state index is 13.0. The first kappa shape index (κ1) is 16.9. The van der Waals surface area contributed by atoms with Crippen LogP contribution in [0.4, 0.5) is 10.3 Å². The minimum atomic E-state index is -0.442. The smallest absolute Gasteiger partial charge is 0.269 e. The highest BCUT2D eigenvalue weighted by Gasteiger charge is 2.53. The maximum Gasteiger partial charge on any atom is 0.269 e. The number of aromatic nitrogens is 4. The predicted octanol–water partition coefficient (Wildman–Crippen LogP) is 0.765. The number of carbonyl (C=O) groups excluding carboxylic acids is 1. The summed E-state index contributed by atoms with van der Waals surface area (Å²) in [6.07, 6.45) is 5.78. The van der Waals surface area contributed by atoms with Crippen molar-refractivity contribution in [3.63, 3.8) is 0 Å². The Labute approximate surface area is 150 Å². The molecule has 1 amide bonds. The molecule has 138 valence electrons. The lowest BCUT2D eigenvalue weighted by Crippen LogP contribution is -2.65. The average Bonchev–Trinajstić information content (AvgIpc) is 3.21. The van der Waals surface area contributed by atoms with Crippen molar-refractivity contribution in [3.05, 3.63) is 36.2 Å². The summed E-state index contributed by atoms with van der Waals surface area (Å²) in [7, 11) is 1.75. The SMILES string of the molecule is Cn1nccc1C(=O)NCC[C@@H]1CCOC12CN(c1ncc(F)cn1)C2. The van der Waals surface area contributed by atoms with E-state index in [1.54, 1.807) is 24.0 Å². The first-order chi connectivity index (χ1) is 12.6. The topological polar surface area (TPSA) is 85.2 Å². The maximum atomic E-state index is 13.0. The molecule has 1 N–H and O–H groups in total. The zero-order valence-electron chi connectivity index (χ0n) is 14.6. The molecule has 26 heavy (non-hydrogen) atoms. The van der Waals surface area contributed by atoms with Crippen LogP contribution in [0.2, 0.25) is 0 Å². The normalized spacial score (nSPS) is 21.0. The van der Waals surface area contributed by atoms with Crippen LogP contribution in [-0.2, 0) is 11.8 Å². The highest BCUT2D eigenvalue weighted by Crippen LogP contribution is 2.42. The third-order valence-electron chi connectivity index (χ3n) is 5.24. The zero-order valence-corrected chi connectivity index (χ0v) is 14.6. The standard InChI is InChI=1S/C17H21FN6O2/c1-23-14(3-6-22-23)15(25)19-5-2-12-4-7-26-17(12)10-24(11-17)16-20-8-13(18)9-21-16/h3,6,8-9,12H,2,4-5,7,10-11H2,1H3,(H,19,25)/t12-/m1/s1. The molecule has 0 bridgehead atoms. The molecule has 2 fully saturated rings. The summed E-state index contributed by atoms with van der Waals surface area (Å²) in [6.45, 7) is 2.70. The van der Waals surface area contributed by atoms with E-state index in [-0.39, 0.29) is 11.5 Å². The Hall–Kier alpha value is -2.55. The van der Waals surface area contributed by atoms with Crippen LogP contribution in [0.1, 0.15) is 23.3 Å². The highest BCUT2D eigenvalue weighted by atomic mass is 19.1. The molecular weight excluding hydrogens is 339 g/mol. The Balaban J connectivity index is 1.30. The Kier molecular flexibility index (Phi) is 4.31. The Morgan fingerprint density at radius 3 is 2.88 bits per heavy atom. The second kappa shape index (κ2) is 6.64. The number of rotatable bonds is 5. The molecule has 2 aromatic heterocycles. The van der Waals surface area contributed by atoms with Crippen molar-refractivity contribution >= 4 is 11.9 Å². The number of aryl methyl sites for hydroxylation is 1. The first-order valence-electron chi connectivity index (χ1n) is 8.70. The number of anilines is 1. The van der Waals surface area contributed by atoms with Gasteiger partial charge in [0.15, 0.2) is 5.82 Å². The van der Waals surface area contributed by atoms with Crippen LogP contribution in [-0.4, -0.2) is 57.5 Å². The number of hydrogen-bond acceptors (Lipinski definition) is 6. The predicted molar refractivity (Wildman–Crippen MR) is 91.2 cm³/mol. The fourth-order valence-electron chi connectivity index (χ4n) is 3.80. The largest absolute Gasteiger partial charge is 0.371 e. The minimum absolute atomic E-state index is 0.118. The summed E-state index contributed by atoms with van der Waals surface area (Å²) in [5, 5.41) is 6.96. The van der Waals surface area contributed by atoms with Gasteiger partial charge in [0.25, 0.3) is 5.91 Å². The van der Waals surface area contributed by atoms with Crippen LogP contribution in [0.15, 0.2) is 24.7 Å². The van der Waals surface area contributed by atoms with Gasteiger partial charge in [0.2, 0.25) is 5.95 Å². The fourth-order valence-corrected chi connectivity index (χ4v) is 3.80. The molecule has 4 heterocycles. The summed E-state index contributed by atoms with van der Waals surface area (Å²) >= 11 is 0. The van der Waals surface area contributed by atoms with Gasteiger partial charge in [0.05, 0.1) is 25.5 Å². The van der Waals surface area contributed by atoms with Gasteiger partial charge in [-0.2, -0.15) is 5.10 Å². The van der Waals surface area contributed by atoms with E-state index in [4.69, 9.17) is 4.74 Å². The second-order valence-electron chi connectivity index (χ2n) is 6.84. The number of ether oxygens (including phenoxy) is 1. The van der Waals surface area contributed by atoms with Gasteiger partial charge in [0.1, 0.15) is 11.3 Å².